The number of nitrogens with one attached hydrogen (secondary N) is 2. The van der Waals surface area contributed by atoms with Gasteiger partial charge >= 0.3 is 6.03 Å². The molecule has 2 amide bonds. The number of hydrogen-bond donors (Lipinski definition) is 2. The van der Waals surface area contributed by atoms with Crippen molar-refractivity contribution in [3.63, 3.8) is 0 Å². The maximum Gasteiger partial charge on any atom is 0.319 e. The average Bonchev–Trinajstić information content (AvgIpc) is 2.63. The molecule has 138 valence electrons. The molecule has 2 N–H and O–H groups in total. The van der Waals surface area contributed by atoms with Gasteiger partial charge in [-0.15, -0.1) is 0 Å². The second kappa shape index (κ2) is 8.56. The van der Waals surface area contributed by atoms with Gasteiger partial charge in [-0.1, -0.05) is 28.1 Å². The van der Waals surface area contributed by atoms with Gasteiger partial charge in [0.1, 0.15) is 0 Å². The van der Waals surface area contributed by atoms with E-state index in [0.29, 0.717) is 0 Å². The second-order valence-electron chi connectivity index (χ2n) is 6.71. The van der Waals surface area contributed by atoms with Gasteiger partial charge in [0.05, 0.1) is 6.04 Å². The first-order valence-electron chi connectivity index (χ1n) is 8.88. The molecule has 1 heterocycles. The molecule has 2 aromatic rings. The topological polar surface area (TPSA) is 47.6 Å². The molecule has 1 atom stereocenters. The van der Waals surface area contributed by atoms with Crippen LogP contribution in [0.15, 0.2) is 53.0 Å². The molecular formula is C20H25BrN4O. The molecule has 0 aromatic heterocycles. The Morgan fingerprint density at radius 3 is 2.42 bits per heavy atom. The van der Waals surface area contributed by atoms with Crippen LogP contribution in [0.2, 0.25) is 0 Å². The third kappa shape index (κ3) is 4.99. The first-order chi connectivity index (χ1) is 12.5. The molecule has 1 aliphatic heterocycles. The van der Waals surface area contributed by atoms with Crippen molar-refractivity contribution in [2.75, 3.05) is 43.4 Å². The van der Waals surface area contributed by atoms with E-state index in [-0.39, 0.29) is 12.1 Å². The van der Waals surface area contributed by atoms with Crippen LogP contribution in [-0.4, -0.2) is 44.2 Å². The van der Waals surface area contributed by atoms with Crippen molar-refractivity contribution in [3.05, 3.63) is 58.6 Å². The minimum Gasteiger partial charge on any atom is -0.369 e. The fraction of sp³-hybridized carbons (Fsp3) is 0.350. The zero-order chi connectivity index (χ0) is 18.5. The van der Waals surface area contributed by atoms with Gasteiger partial charge in [0.25, 0.3) is 0 Å². The number of anilines is 2. The second-order valence-corrected chi connectivity index (χ2v) is 7.63. The van der Waals surface area contributed by atoms with E-state index < -0.39 is 0 Å². The van der Waals surface area contributed by atoms with E-state index in [4.69, 9.17) is 0 Å². The Morgan fingerprint density at radius 1 is 1.08 bits per heavy atom. The predicted octanol–water partition coefficient (Wildman–Crippen LogP) is 4.08. The zero-order valence-electron chi connectivity index (χ0n) is 15.2. The molecule has 0 unspecified atom stereocenters. The van der Waals surface area contributed by atoms with Gasteiger partial charge < -0.3 is 20.4 Å². The predicted molar refractivity (Wildman–Crippen MR) is 111 cm³/mol. The number of urea groups is 1. The molecule has 5 nitrogen and oxygen atoms in total. The Kier molecular flexibility index (Phi) is 6.16. The lowest BCUT2D eigenvalue weighted by Gasteiger charge is -2.34. The Morgan fingerprint density at radius 2 is 1.77 bits per heavy atom. The summed E-state index contributed by atoms with van der Waals surface area (Å²) in [5.41, 5.74) is 3.05. The van der Waals surface area contributed by atoms with Gasteiger partial charge in [0, 0.05) is 42.0 Å². The van der Waals surface area contributed by atoms with Crippen molar-refractivity contribution in [2.45, 2.75) is 13.0 Å². The zero-order valence-corrected chi connectivity index (χ0v) is 16.8. The highest BCUT2D eigenvalue weighted by molar-refractivity contribution is 9.10. The van der Waals surface area contributed by atoms with Crippen LogP contribution in [0.5, 0.6) is 0 Å². The quantitative estimate of drug-likeness (QED) is 0.788. The summed E-state index contributed by atoms with van der Waals surface area (Å²) in [5.74, 6) is 0. The van der Waals surface area contributed by atoms with Gasteiger partial charge in [-0.2, -0.15) is 0 Å². The summed E-state index contributed by atoms with van der Waals surface area (Å²) in [7, 11) is 2.15. The lowest BCUT2D eigenvalue weighted by molar-refractivity contribution is 0.249. The molecule has 2 aromatic carbocycles. The number of carbonyl (C=O) groups is 1. The maximum atomic E-state index is 12.3. The number of hydrogen-bond acceptors (Lipinski definition) is 3. The highest BCUT2D eigenvalue weighted by Gasteiger charge is 2.14. The van der Waals surface area contributed by atoms with E-state index in [1.165, 1.54) is 5.69 Å². The largest absolute Gasteiger partial charge is 0.369 e. The smallest absolute Gasteiger partial charge is 0.319 e. The molecule has 0 saturated carbocycles. The lowest BCUT2D eigenvalue weighted by atomic mass is 10.1. The average molecular weight is 417 g/mol. The summed E-state index contributed by atoms with van der Waals surface area (Å²) in [6.45, 7) is 6.20. The Hall–Kier alpha value is -2.05. The molecule has 1 fully saturated rings. The van der Waals surface area contributed by atoms with E-state index in [1.807, 2.05) is 43.3 Å². The third-order valence-corrected chi connectivity index (χ3v) is 5.18. The van der Waals surface area contributed by atoms with E-state index in [1.54, 1.807) is 0 Å². The van der Waals surface area contributed by atoms with Crippen LogP contribution in [0.1, 0.15) is 18.5 Å². The number of benzene rings is 2. The number of likely N-dealkylation sites (N-methyl/N-ethyl adjacent to an activating group) is 1. The minimum atomic E-state index is -0.204. The molecule has 0 bridgehead atoms. The van der Waals surface area contributed by atoms with Crippen LogP contribution in [0.3, 0.4) is 0 Å². The lowest BCUT2D eigenvalue weighted by Crippen LogP contribution is -2.44. The van der Waals surface area contributed by atoms with Crippen LogP contribution in [0.25, 0.3) is 0 Å². The van der Waals surface area contributed by atoms with E-state index in [2.05, 4.69) is 55.5 Å². The van der Waals surface area contributed by atoms with E-state index >= 15 is 0 Å². The molecule has 1 aliphatic rings. The summed E-state index contributed by atoms with van der Waals surface area (Å²) in [5, 5.41) is 5.87. The summed E-state index contributed by atoms with van der Waals surface area (Å²) in [6.07, 6.45) is 0. The van der Waals surface area contributed by atoms with Crippen molar-refractivity contribution in [3.8, 4) is 0 Å². The number of carbonyl (C=O) groups excluding carboxylic acids is 1. The van der Waals surface area contributed by atoms with Crippen LogP contribution in [0, 0.1) is 0 Å². The standard InChI is InChI=1S/C20H25BrN4O/c1-15(16-4-3-5-17(21)14-16)22-20(26)23-18-6-8-19(9-7-18)25-12-10-24(2)11-13-25/h3-9,14-15H,10-13H2,1-2H3,(H2,22,23,26)/t15-/m0/s1. The Labute approximate surface area is 163 Å². The summed E-state index contributed by atoms with van der Waals surface area (Å²) in [4.78, 5) is 17.0. The molecular weight excluding hydrogens is 392 g/mol. The molecule has 6 heteroatoms. The molecule has 1 saturated heterocycles. The molecule has 26 heavy (non-hydrogen) atoms. The van der Waals surface area contributed by atoms with Gasteiger partial charge in [-0.3, -0.25) is 0 Å². The minimum absolute atomic E-state index is 0.0721. The van der Waals surface area contributed by atoms with Crippen molar-refractivity contribution >= 4 is 33.3 Å². The van der Waals surface area contributed by atoms with Crippen molar-refractivity contribution in [1.29, 1.82) is 0 Å². The Balaban J connectivity index is 1.54. The van der Waals surface area contributed by atoms with Gasteiger partial charge in [0.2, 0.25) is 0 Å². The number of nitrogens with zero attached hydrogens (tertiary/aromatic N) is 2. The van der Waals surface area contributed by atoms with Crippen molar-refractivity contribution in [1.82, 2.24) is 10.2 Å². The summed E-state index contributed by atoms with van der Waals surface area (Å²) in [6, 6.07) is 15.7. The molecule has 0 aliphatic carbocycles. The van der Waals surface area contributed by atoms with Crippen LogP contribution in [-0.2, 0) is 0 Å². The highest BCUT2D eigenvalue weighted by atomic mass is 79.9. The Bertz CT molecular complexity index is 742. The van der Waals surface area contributed by atoms with Crippen LogP contribution >= 0.6 is 15.9 Å². The number of amides is 2. The van der Waals surface area contributed by atoms with Crippen molar-refractivity contribution < 1.29 is 4.79 Å². The SMILES string of the molecule is C[C@H](NC(=O)Nc1ccc(N2CCN(C)CC2)cc1)c1cccc(Br)c1. The van der Waals surface area contributed by atoms with Crippen molar-refractivity contribution in [2.24, 2.45) is 0 Å². The number of rotatable bonds is 4. The summed E-state index contributed by atoms with van der Waals surface area (Å²) < 4.78 is 1.00. The fourth-order valence-corrected chi connectivity index (χ4v) is 3.46. The first-order valence-corrected chi connectivity index (χ1v) is 9.67. The van der Waals surface area contributed by atoms with Gasteiger partial charge in [-0.25, -0.2) is 4.79 Å². The monoisotopic (exact) mass is 416 g/mol. The van der Waals surface area contributed by atoms with E-state index in [9.17, 15) is 4.79 Å². The maximum absolute atomic E-state index is 12.3. The first kappa shape index (κ1) is 18.7. The molecule has 0 spiro atoms. The van der Waals surface area contributed by atoms with Gasteiger partial charge in [-0.05, 0) is 55.9 Å². The number of piperazine rings is 1. The molecule has 0 radical (unpaired) electrons. The highest BCUT2D eigenvalue weighted by Crippen LogP contribution is 2.20. The molecule has 3 rings (SSSR count). The summed E-state index contributed by atoms with van der Waals surface area (Å²) >= 11 is 3.46. The van der Waals surface area contributed by atoms with Crippen LogP contribution < -0.4 is 15.5 Å². The normalized spacial score (nSPS) is 16.2. The fourth-order valence-electron chi connectivity index (χ4n) is 3.04. The van der Waals surface area contributed by atoms with Crippen LogP contribution in [0.4, 0.5) is 16.2 Å². The number of halogens is 1. The van der Waals surface area contributed by atoms with E-state index in [0.717, 1.165) is 41.9 Å². The van der Waals surface area contributed by atoms with Gasteiger partial charge in [0.15, 0.2) is 0 Å². The third-order valence-electron chi connectivity index (χ3n) is 4.69.